The van der Waals surface area contributed by atoms with Crippen molar-refractivity contribution in [1.29, 1.82) is 0 Å². The highest BCUT2D eigenvalue weighted by atomic mass is 79.9. The van der Waals surface area contributed by atoms with Crippen molar-refractivity contribution in [2.75, 3.05) is 12.4 Å². The highest BCUT2D eigenvalue weighted by Gasteiger charge is 2.18. The monoisotopic (exact) mass is 303 g/mol. The van der Waals surface area contributed by atoms with Crippen LogP contribution in [0.4, 0.5) is 0 Å². The van der Waals surface area contributed by atoms with Crippen molar-refractivity contribution in [3.05, 3.63) is 34.3 Å². The van der Waals surface area contributed by atoms with E-state index >= 15 is 0 Å². The zero-order valence-electron chi connectivity index (χ0n) is 9.40. The Balaban J connectivity index is 2.78. The van der Waals surface area contributed by atoms with Crippen LogP contribution in [0.15, 0.2) is 28.7 Å². The quantitative estimate of drug-likeness (QED) is 0.849. The molecular weight excluding hydrogens is 286 g/mol. The fourth-order valence-corrected chi connectivity index (χ4v) is 2.93. The van der Waals surface area contributed by atoms with Crippen molar-refractivity contribution in [2.24, 2.45) is 5.73 Å². The number of aliphatic hydroxyl groups is 1. The second-order valence-corrected chi connectivity index (χ2v) is 5.80. The molecule has 0 aromatic heterocycles. The van der Waals surface area contributed by atoms with E-state index in [4.69, 9.17) is 10.8 Å². The predicted molar refractivity (Wildman–Crippen MR) is 74.7 cm³/mol. The predicted octanol–water partition coefficient (Wildman–Crippen LogP) is 2.95. The van der Waals surface area contributed by atoms with Crippen molar-refractivity contribution in [3.8, 4) is 0 Å². The van der Waals surface area contributed by atoms with Crippen LogP contribution >= 0.6 is 27.7 Å². The van der Waals surface area contributed by atoms with E-state index in [2.05, 4.69) is 35.0 Å². The number of hydrogen-bond donors (Lipinski definition) is 2. The lowest BCUT2D eigenvalue weighted by Crippen LogP contribution is -2.26. The van der Waals surface area contributed by atoms with Gasteiger partial charge in [-0.05, 0) is 24.1 Å². The Bertz CT molecular complexity index is 304. The molecule has 0 saturated heterocycles. The second-order valence-electron chi connectivity index (χ2n) is 3.64. The van der Waals surface area contributed by atoms with Crippen LogP contribution in [0.1, 0.15) is 24.2 Å². The molecule has 0 aliphatic heterocycles. The van der Waals surface area contributed by atoms with Crippen LogP contribution in [0.25, 0.3) is 0 Å². The van der Waals surface area contributed by atoms with Gasteiger partial charge in [0.25, 0.3) is 0 Å². The molecule has 4 heteroatoms. The van der Waals surface area contributed by atoms with Gasteiger partial charge in [-0.3, -0.25) is 0 Å². The summed E-state index contributed by atoms with van der Waals surface area (Å²) in [6, 6.07) is 8.38. The molecule has 0 fully saturated rings. The molecule has 2 nitrogen and oxygen atoms in total. The Hall–Kier alpha value is -0.0300. The van der Waals surface area contributed by atoms with Gasteiger partial charge < -0.3 is 10.8 Å². The minimum atomic E-state index is 0.137. The molecule has 2 atom stereocenters. The third kappa shape index (κ3) is 4.09. The normalized spacial score (nSPS) is 14.8. The molecule has 90 valence electrons. The van der Waals surface area contributed by atoms with Gasteiger partial charge in [0.05, 0.1) is 6.61 Å². The maximum absolute atomic E-state index is 8.89. The van der Waals surface area contributed by atoms with E-state index in [1.807, 2.05) is 12.1 Å². The average molecular weight is 304 g/mol. The SMILES string of the molecule is CCC(N)C(SCCO)c1ccc(Br)cc1. The number of rotatable bonds is 6. The number of thioether (sulfide) groups is 1. The Morgan fingerprint density at radius 2 is 2.00 bits per heavy atom. The van der Waals surface area contributed by atoms with Gasteiger partial charge in [0.15, 0.2) is 0 Å². The largest absolute Gasteiger partial charge is 0.396 e. The molecule has 1 rings (SSSR count). The first kappa shape index (κ1) is 14.0. The molecule has 0 saturated carbocycles. The summed E-state index contributed by atoms with van der Waals surface area (Å²) in [5.41, 5.74) is 7.35. The number of nitrogens with two attached hydrogens (primary N) is 1. The molecule has 0 aliphatic carbocycles. The van der Waals surface area contributed by atoms with Crippen LogP contribution < -0.4 is 5.73 Å². The molecule has 3 N–H and O–H groups in total. The van der Waals surface area contributed by atoms with Crippen LogP contribution in [0, 0.1) is 0 Å². The molecule has 0 heterocycles. The van der Waals surface area contributed by atoms with E-state index in [1.54, 1.807) is 11.8 Å². The van der Waals surface area contributed by atoms with E-state index in [0.717, 1.165) is 16.6 Å². The van der Waals surface area contributed by atoms with Gasteiger partial charge in [-0.2, -0.15) is 0 Å². The molecule has 16 heavy (non-hydrogen) atoms. The summed E-state index contributed by atoms with van der Waals surface area (Å²) in [6.45, 7) is 2.30. The second kappa shape index (κ2) is 7.33. The summed E-state index contributed by atoms with van der Waals surface area (Å²) in [7, 11) is 0. The van der Waals surface area contributed by atoms with E-state index in [1.165, 1.54) is 5.56 Å². The fourth-order valence-electron chi connectivity index (χ4n) is 1.51. The van der Waals surface area contributed by atoms with Crippen molar-refractivity contribution in [2.45, 2.75) is 24.6 Å². The first-order valence-electron chi connectivity index (χ1n) is 5.42. The third-order valence-corrected chi connectivity index (χ3v) is 4.38. The van der Waals surface area contributed by atoms with Crippen LogP contribution in [0.5, 0.6) is 0 Å². The lowest BCUT2D eigenvalue weighted by molar-refractivity contribution is 0.322. The summed E-state index contributed by atoms with van der Waals surface area (Å²) >= 11 is 5.15. The van der Waals surface area contributed by atoms with E-state index < -0.39 is 0 Å². The van der Waals surface area contributed by atoms with Gasteiger partial charge in [0, 0.05) is 21.5 Å². The zero-order chi connectivity index (χ0) is 12.0. The van der Waals surface area contributed by atoms with Crippen LogP contribution in [-0.2, 0) is 0 Å². The number of benzene rings is 1. The molecule has 0 amide bonds. The maximum Gasteiger partial charge on any atom is 0.0521 e. The van der Waals surface area contributed by atoms with Gasteiger partial charge in [0.1, 0.15) is 0 Å². The van der Waals surface area contributed by atoms with Crippen molar-refractivity contribution in [1.82, 2.24) is 0 Å². The molecule has 0 spiro atoms. The Morgan fingerprint density at radius 1 is 1.38 bits per heavy atom. The van der Waals surface area contributed by atoms with E-state index in [9.17, 15) is 0 Å². The lowest BCUT2D eigenvalue weighted by atomic mass is 10.0. The zero-order valence-corrected chi connectivity index (χ0v) is 11.8. The standard InChI is InChI=1S/C12H18BrNOS/c1-2-11(14)12(16-8-7-15)9-3-5-10(13)6-4-9/h3-6,11-12,15H,2,7-8,14H2,1H3. The molecule has 0 bridgehead atoms. The van der Waals surface area contributed by atoms with Crippen LogP contribution in [0.2, 0.25) is 0 Å². The van der Waals surface area contributed by atoms with Gasteiger partial charge >= 0.3 is 0 Å². The Morgan fingerprint density at radius 3 is 2.50 bits per heavy atom. The van der Waals surface area contributed by atoms with E-state index in [-0.39, 0.29) is 17.9 Å². The summed E-state index contributed by atoms with van der Waals surface area (Å²) in [4.78, 5) is 0. The first-order valence-corrected chi connectivity index (χ1v) is 7.26. The Kier molecular flexibility index (Phi) is 6.43. The van der Waals surface area contributed by atoms with Gasteiger partial charge in [-0.15, -0.1) is 11.8 Å². The van der Waals surface area contributed by atoms with Gasteiger partial charge in [-0.1, -0.05) is 35.0 Å². The van der Waals surface area contributed by atoms with Crippen molar-refractivity contribution >= 4 is 27.7 Å². The number of hydrogen-bond acceptors (Lipinski definition) is 3. The van der Waals surface area contributed by atoms with Crippen LogP contribution in [-0.4, -0.2) is 23.5 Å². The summed E-state index contributed by atoms with van der Waals surface area (Å²) in [5.74, 6) is 0.731. The van der Waals surface area contributed by atoms with Gasteiger partial charge in [-0.25, -0.2) is 0 Å². The number of aliphatic hydroxyl groups excluding tert-OH is 1. The Labute approximate surface area is 110 Å². The number of halogens is 1. The highest BCUT2D eigenvalue weighted by Crippen LogP contribution is 2.32. The average Bonchev–Trinajstić information content (AvgIpc) is 2.31. The van der Waals surface area contributed by atoms with Crippen molar-refractivity contribution < 1.29 is 5.11 Å². The van der Waals surface area contributed by atoms with Crippen LogP contribution in [0.3, 0.4) is 0 Å². The highest BCUT2D eigenvalue weighted by molar-refractivity contribution is 9.10. The smallest absolute Gasteiger partial charge is 0.0521 e. The molecular formula is C12H18BrNOS. The summed E-state index contributed by atoms with van der Waals surface area (Å²) in [5, 5.41) is 9.16. The molecule has 1 aromatic rings. The van der Waals surface area contributed by atoms with Gasteiger partial charge in [0.2, 0.25) is 0 Å². The fraction of sp³-hybridized carbons (Fsp3) is 0.500. The third-order valence-electron chi connectivity index (χ3n) is 2.45. The molecule has 1 aromatic carbocycles. The van der Waals surface area contributed by atoms with Crippen molar-refractivity contribution in [3.63, 3.8) is 0 Å². The minimum absolute atomic E-state index is 0.137. The van der Waals surface area contributed by atoms with E-state index in [0.29, 0.717) is 0 Å². The minimum Gasteiger partial charge on any atom is -0.396 e. The topological polar surface area (TPSA) is 46.2 Å². The molecule has 0 aliphatic rings. The first-order chi connectivity index (χ1) is 7.69. The molecule has 2 unspecified atom stereocenters. The lowest BCUT2D eigenvalue weighted by Gasteiger charge is -2.22. The maximum atomic E-state index is 8.89. The summed E-state index contributed by atoms with van der Waals surface area (Å²) < 4.78 is 1.08. The summed E-state index contributed by atoms with van der Waals surface area (Å²) in [6.07, 6.45) is 0.944. The molecule has 0 radical (unpaired) electrons.